The number of hydrogen-bond acceptors (Lipinski definition) is 4. The van der Waals surface area contributed by atoms with E-state index in [9.17, 15) is 9.59 Å². The smallest absolute Gasteiger partial charge is 0.239 e. The quantitative estimate of drug-likeness (QED) is 0.561. The molecule has 0 bridgehead atoms. The van der Waals surface area contributed by atoms with Gasteiger partial charge >= 0.3 is 0 Å². The van der Waals surface area contributed by atoms with Gasteiger partial charge in [-0.15, -0.1) is 0 Å². The highest BCUT2D eigenvalue weighted by molar-refractivity contribution is 9.12. The third-order valence-corrected chi connectivity index (χ3v) is 5.10. The maximum atomic E-state index is 12.6. The van der Waals surface area contributed by atoms with Crippen LogP contribution in [0.15, 0.2) is 81.1 Å². The van der Waals surface area contributed by atoms with Crippen molar-refractivity contribution < 1.29 is 19.1 Å². The highest BCUT2D eigenvalue weighted by Crippen LogP contribution is 2.33. The normalized spacial score (nSPS) is 14.7. The summed E-state index contributed by atoms with van der Waals surface area (Å²) in [7, 11) is 0. The number of allylic oxidation sites excluding steroid dienone is 2. The van der Waals surface area contributed by atoms with Crippen molar-refractivity contribution >= 4 is 43.4 Å². The van der Waals surface area contributed by atoms with Gasteiger partial charge in [0.1, 0.15) is 22.2 Å². The Balaban J connectivity index is 1.74. The van der Waals surface area contributed by atoms with Gasteiger partial charge < -0.3 is 9.47 Å². The van der Waals surface area contributed by atoms with Crippen LogP contribution in [0.25, 0.3) is 0 Å². The summed E-state index contributed by atoms with van der Waals surface area (Å²) in [6.45, 7) is 0.371. The molecule has 0 saturated carbocycles. The Kier molecular flexibility index (Phi) is 6.06. The zero-order chi connectivity index (χ0) is 18.5. The molecule has 132 valence electrons. The van der Waals surface area contributed by atoms with Gasteiger partial charge in [-0.25, -0.2) is 0 Å². The highest BCUT2D eigenvalue weighted by Gasteiger charge is 2.35. The number of ketones is 2. The Bertz CT molecular complexity index is 811. The number of carbonyl (C=O) groups excluding carboxylic acids is 2. The van der Waals surface area contributed by atoms with Crippen molar-refractivity contribution in [2.45, 2.75) is 13.2 Å². The Morgan fingerprint density at radius 2 is 0.962 bits per heavy atom. The maximum Gasteiger partial charge on any atom is 0.239 e. The molecule has 0 fully saturated rings. The van der Waals surface area contributed by atoms with Crippen LogP contribution in [0.5, 0.6) is 0 Å². The predicted octanol–water partition coefficient (Wildman–Crippen LogP) is 4.78. The first-order valence-corrected chi connectivity index (χ1v) is 9.39. The molecule has 0 atom stereocenters. The van der Waals surface area contributed by atoms with Gasteiger partial charge in [0.05, 0.1) is 0 Å². The zero-order valence-electron chi connectivity index (χ0n) is 13.6. The molecule has 0 spiro atoms. The van der Waals surface area contributed by atoms with Crippen LogP contribution < -0.4 is 0 Å². The van der Waals surface area contributed by atoms with E-state index >= 15 is 0 Å². The number of hydrogen-bond donors (Lipinski definition) is 0. The number of halogens is 2. The van der Waals surface area contributed by atoms with Crippen LogP contribution in [-0.2, 0) is 32.3 Å². The minimum atomic E-state index is -0.435. The molecule has 0 aliphatic heterocycles. The molecule has 0 N–H and O–H groups in total. The fourth-order valence-electron chi connectivity index (χ4n) is 2.32. The fourth-order valence-corrected chi connectivity index (χ4v) is 3.27. The summed E-state index contributed by atoms with van der Waals surface area (Å²) in [4.78, 5) is 25.1. The second kappa shape index (κ2) is 8.47. The standard InChI is InChI=1S/C20H14Br2O4/c21-15-18(24)20(26-12-14-9-5-2-6-10-14)16(22)17(23)19(15)25-11-13-7-3-1-4-8-13/h1-10H,11-12H2. The third-order valence-electron chi connectivity index (χ3n) is 3.66. The summed E-state index contributed by atoms with van der Waals surface area (Å²) >= 11 is 6.36. The van der Waals surface area contributed by atoms with Crippen LogP contribution in [0, 0.1) is 0 Å². The van der Waals surface area contributed by atoms with E-state index in [-0.39, 0.29) is 33.7 Å². The van der Waals surface area contributed by atoms with Gasteiger partial charge in [-0.3, -0.25) is 9.59 Å². The van der Waals surface area contributed by atoms with Crippen molar-refractivity contribution in [3.8, 4) is 0 Å². The zero-order valence-corrected chi connectivity index (χ0v) is 16.7. The van der Waals surface area contributed by atoms with Crippen LogP contribution in [0.1, 0.15) is 11.1 Å². The van der Waals surface area contributed by atoms with Crippen molar-refractivity contribution in [1.29, 1.82) is 0 Å². The van der Waals surface area contributed by atoms with E-state index < -0.39 is 11.6 Å². The largest absolute Gasteiger partial charge is 0.483 e. The monoisotopic (exact) mass is 476 g/mol. The molecule has 0 unspecified atom stereocenters. The first kappa shape index (κ1) is 18.6. The highest BCUT2D eigenvalue weighted by atomic mass is 79.9. The molecule has 4 nitrogen and oxygen atoms in total. The molecule has 2 aromatic rings. The Morgan fingerprint density at radius 1 is 0.615 bits per heavy atom. The maximum absolute atomic E-state index is 12.6. The molecule has 0 amide bonds. The van der Waals surface area contributed by atoms with Crippen molar-refractivity contribution in [3.63, 3.8) is 0 Å². The molecule has 3 rings (SSSR count). The number of Topliss-reactive ketones (excluding diaryl/α,β-unsaturated/α-hetero) is 2. The third kappa shape index (κ3) is 4.14. The summed E-state index contributed by atoms with van der Waals surface area (Å²) in [6, 6.07) is 18.8. The van der Waals surface area contributed by atoms with Crippen molar-refractivity contribution in [2.24, 2.45) is 0 Å². The van der Waals surface area contributed by atoms with Crippen LogP contribution in [0.4, 0.5) is 0 Å². The topological polar surface area (TPSA) is 52.6 Å². The first-order valence-electron chi connectivity index (χ1n) is 7.80. The van der Waals surface area contributed by atoms with E-state index in [2.05, 4.69) is 31.9 Å². The molecule has 0 radical (unpaired) electrons. The lowest BCUT2D eigenvalue weighted by molar-refractivity contribution is -0.120. The molecule has 2 aromatic carbocycles. The van der Waals surface area contributed by atoms with Crippen LogP contribution in [0.3, 0.4) is 0 Å². The molecule has 1 aliphatic rings. The van der Waals surface area contributed by atoms with E-state index in [1.807, 2.05) is 60.7 Å². The van der Waals surface area contributed by atoms with Crippen LogP contribution in [-0.4, -0.2) is 11.6 Å². The van der Waals surface area contributed by atoms with E-state index in [1.54, 1.807) is 0 Å². The van der Waals surface area contributed by atoms with Gasteiger partial charge in [0.25, 0.3) is 0 Å². The van der Waals surface area contributed by atoms with E-state index in [1.165, 1.54) is 0 Å². The Labute approximate surface area is 167 Å². The second-order valence-corrected chi connectivity index (χ2v) is 7.08. The average Bonchev–Trinajstić information content (AvgIpc) is 2.68. The minimum Gasteiger partial charge on any atom is -0.483 e. The van der Waals surface area contributed by atoms with Crippen molar-refractivity contribution in [2.75, 3.05) is 0 Å². The van der Waals surface area contributed by atoms with Gasteiger partial charge in [0, 0.05) is 0 Å². The van der Waals surface area contributed by atoms with E-state index in [4.69, 9.17) is 9.47 Å². The number of rotatable bonds is 6. The Morgan fingerprint density at radius 3 is 1.31 bits per heavy atom. The van der Waals surface area contributed by atoms with Gasteiger partial charge in [-0.2, -0.15) is 0 Å². The molecule has 1 aliphatic carbocycles. The van der Waals surface area contributed by atoms with E-state index in [0.717, 1.165) is 11.1 Å². The minimum absolute atomic E-state index is 0.0298. The molecule has 0 heterocycles. The molecule has 26 heavy (non-hydrogen) atoms. The summed E-state index contributed by atoms with van der Waals surface area (Å²) in [5.74, 6) is -0.929. The van der Waals surface area contributed by atoms with Crippen LogP contribution in [0.2, 0.25) is 0 Å². The second-order valence-electron chi connectivity index (χ2n) is 5.49. The average molecular weight is 478 g/mol. The lowest BCUT2D eigenvalue weighted by Crippen LogP contribution is -2.22. The number of ether oxygens (including phenoxy) is 2. The number of carbonyl (C=O) groups is 2. The fraction of sp³-hybridized carbons (Fsp3) is 0.100. The number of benzene rings is 2. The van der Waals surface area contributed by atoms with Gasteiger partial charge in [0.2, 0.25) is 11.6 Å². The summed E-state index contributed by atoms with van der Waals surface area (Å²) in [5.41, 5.74) is 1.79. The molecule has 0 aromatic heterocycles. The summed E-state index contributed by atoms with van der Waals surface area (Å²) in [6.07, 6.45) is 0. The summed E-state index contributed by atoms with van der Waals surface area (Å²) < 4.78 is 11.3. The first-order chi connectivity index (χ1) is 12.6. The molecule has 6 heteroatoms. The molecular weight excluding hydrogens is 464 g/mol. The lowest BCUT2D eigenvalue weighted by Gasteiger charge is -2.19. The SMILES string of the molecule is O=C1C(Br)=C(OCc2ccccc2)C(=O)C(Br)=C1OCc1ccccc1. The van der Waals surface area contributed by atoms with Gasteiger partial charge in [-0.1, -0.05) is 60.7 Å². The van der Waals surface area contributed by atoms with Gasteiger partial charge in [0.15, 0.2) is 11.5 Å². The van der Waals surface area contributed by atoms with Crippen molar-refractivity contribution in [3.05, 3.63) is 92.3 Å². The van der Waals surface area contributed by atoms with Gasteiger partial charge in [-0.05, 0) is 43.0 Å². The molecular formula is C20H14Br2O4. The molecule has 0 saturated heterocycles. The van der Waals surface area contributed by atoms with Crippen LogP contribution >= 0.6 is 31.9 Å². The lowest BCUT2D eigenvalue weighted by atomic mass is 10.1. The van der Waals surface area contributed by atoms with Crippen molar-refractivity contribution in [1.82, 2.24) is 0 Å². The van der Waals surface area contributed by atoms with E-state index in [0.29, 0.717) is 0 Å². The summed E-state index contributed by atoms with van der Waals surface area (Å²) in [5, 5.41) is 0. The Hall–Kier alpha value is -2.18. The predicted molar refractivity (Wildman–Crippen MR) is 104 cm³/mol.